The van der Waals surface area contributed by atoms with Gasteiger partial charge >= 0.3 is 0 Å². The Bertz CT molecular complexity index is 271. The molecule has 0 aromatic carbocycles. The molecule has 0 amide bonds. The van der Waals surface area contributed by atoms with Gasteiger partial charge in [0.15, 0.2) is 0 Å². The van der Waals surface area contributed by atoms with Crippen LogP contribution in [-0.4, -0.2) is 36.6 Å². The van der Waals surface area contributed by atoms with Crippen molar-refractivity contribution in [2.75, 3.05) is 20.1 Å². The standard InChI is InChI=1S/C14H27N3/c1-12-6-5-8-17(9-7-12)13(2)10-14(3,11-15)16-4/h12-13,16H,5-10H2,1-4H3. The third-order valence-corrected chi connectivity index (χ3v) is 4.18. The molecule has 1 rings (SSSR count). The fraction of sp³-hybridized carbons (Fsp3) is 0.929. The van der Waals surface area contributed by atoms with Crippen molar-refractivity contribution in [2.45, 2.75) is 58.0 Å². The maximum absolute atomic E-state index is 9.20. The second kappa shape index (κ2) is 6.37. The van der Waals surface area contributed by atoms with Gasteiger partial charge in [0, 0.05) is 6.04 Å². The Morgan fingerprint density at radius 3 is 2.76 bits per heavy atom. The summed E-state index contributed by atoms with van der Waals surface area (Å²) in [7, 11) is 1.88. The number of hydrogen-bond donors (Lipinski definition) is 1. The molecular weight excluding hydrogens is 210 g/mol. The normalized spacial score (nSPS) is 27.8. The predicted octanol–water partition coefficient (Wildman–Crippen LogP) is 2.39. The molecule has 17 heavy (non-hydrogen) atoms. The van der Waals surface area contributed by atoms with E-state index in [9.17, 15) is 5.26 Å². The zero-order chi connectivity index (χ0) is 12.9. The van der Waals surface area contributed by atoms with E-state index < -0.39 is 5.54 Å². The Morgan fingerprint density at radius 1 is 1.47 bits per heavy atom. The SMILES string of the molecule is CNC(C)(C#N)CC(C)N1CCCC(C)CC1. The van der Waals surface area contributed by atoms with E-state index in [0.29, 0.717) is 6.04 Å². The molecule has 1 saturated heterocycles. The van der Waals surface area contributed by atoms with E-state index in [1.54, 1.807) is 0 Å². The van der Waals surface area contributed by atoms with Gasteiger partial charge < -0.3 is 10.2 Å². The van der Waals surface area contributed by atoms with Gasteiger partial charge in [0.05, 0.1) is 6.07 Å². The van der Waals surface area contributed by atoms with E-state index in [1.807, 2.05) is 14.0 Å². The fourth-order valence-corrected chi connectivity index (χ4v) is 2.65. The molecule has 1 aliphatic heterocycles. The van der Waals surface area contributed by atoms with Crippen molar-refractivity contribution in [1.29, 1.82) is 5.26 Å². The summed E-state index contributed by atoms with van der Waals surface area (Å²) in [5.41, 5.74) is -0.392. The average Bonchev–Trinajstić information content (AvgIpc) is 2.54. The highest BCUT2D eigenvalue weighted by molar-refractivity contribution is 5.04. The molecule has 0 aromatic heterocycles. The van der Waals surface area contributed by atoms with Crippen molar-refractivity contribution in [3.05, 3.63) is 0 Å². The van der Waals surface area contributed by atoms with Crippen LogP contribution in [0.5, 0.6) is 0 Å². The Kier molecular flexibility index (Phi) is 5.42. The highest BCUT2D eigenvalue weighted by Gasteiger charge is 2.27. The van der Waals surface area contributed by atoms with Gasteiger partial charge in [-0.25, -0.2) is 0 Å². The summed E-state index contributed by atoms with van der Waals surface area (Å²) in [6.45, 7) is 8.97. The number of likely N-dealkylation sites (tertiary alicyclic amines) is 1. The molecule has 0 bridgehead atoms. The minimum Gasteiger partial charge on any atom is -0.303 e. The van der Waals surface area contributed by atoms with E-state index in [0.717, 1.165) is 12.3 Å². The summed E-state index contributed by atoms with van der Waals surface area (Å²) in [4.78, 5) is 2.55. The molecule has 3 heteroatoms. The lowest BCUT2D eigenvalue weighted by Gasteiger charge is -2.32. The number of nitrogens with one attached hydrogen (secondary N) is 1. The fourth-order valence-electron chi connectivity index (χ4n) is 2.65. The van der Waals surface area contributed by atoms with Crippen molar-refractivity contribution < 1.29 is 0 Å². The van der Waals surface area contributed by atoms with Crippen molar-refractivity contribution >= 4 is 0 Å². The van der Waals surface area contributed by atoms with Gasteiger partial charge in [-0.05, 0) is 65.6 Å². The molecule has 1 heterocycles. The van der Waals surface area contributed by atoms with Crippen LogP contribution in [0.1, 0.15) is 46.5 Å². The molecule has 0 radical (unpaired) electrons. The molecule has 3 atom stereocenters. The molecule has 0 aliphatic carbocycles. The largest absolute Gasteiger partial charge is 0.303 e. The van der Waals surface area contributed by atoms with Crippen LogP contribution in [0.25, 0.3) is 0 Å². The van der Waals surface area contributed by atoms with Crippen LogP contribution < -0.4 is 5.32 Å². The quantitative estimate of drug-likeness (QED) is 0.816. The van der Waals surface area contributed by atoms with Crippen molar-refractivity contribution in [3.63, 3.8) is 0 Å². The Labute approximate surface area is 106 Å². The first-order valence-corrected chi connectivity index (χ1v) is 6.85. The lowest BCUT2D eigenvalue weighted by Crippen LogP contribution is -2.46. The van der Waals surface area contributed by atoms with Gasteiger partial charge in [-0.3, -0.25) is 0 Å². The molecule has 1 fully saturated rings. The monoisotopic (exact) mass is 237 g/mol. The van der Waals surface area contributed by atoms with Gasteiger partial charge in [-0.2, -0.15) is 5.26 Å². The van der Waals surface area contributed by atoms with E-state index in [2.05, 4.69) is 30.1 Å². The molecule has 1 aliphatic rings. The summed E-state index contributed by atoms with van der Waals surface area (Å²) >= 11 is 0. The summed E-state index contributed by atoms with van der Waals surface area (Å²) in [6, 6.07) is 2.87. The van der Waals surface area contributed by atoms with E-state index in [4.69, 9.17) is 0 Å². The topological polar surface area (TPSA) is 39.1 Å². The van der Waals surface area contributed by atoms with Crippen LogP contribution in [0.3, 0.4) is 0 Å². The molecule has 1 N–H and O–H groups in total. The molecule has 0 spiro atoms. The summed E-state index contributed by atoms with van der Waals surface area (Å²) in [5, 5.41) is 12.3. The third-order valence-electron chi connectivity index (χ3n) is 4.18. The molecule has 98 valence electrons. The zero-order valence-electron chi connectivity index (χ0n) is 11.8. The first-order valence-electron chi connectivity index (χ1n) is 6.85. The van der Waals surface area contributed by atoms with Crippen LogP contribution in [0.4, 0.5) is 0 Å². The lowest BCUT2D eigenvalue weighted by molar-refractivity contribution is 0.183. The minimum atomic E-state index is -0.392. The Hall–Kier alpha value is -0.590. The number of nitriles is 1. The zero-order valence-corrected chi connectivity index (χ0v) is 11.8. The maximum Gasteiger partial charge on any atom is 0.105 e. The molecule has 3 nitrogen and oxygen atoms in total. The predicted molar refractivity (Wildman–Crippen MR) is 71.7 cm³/mol. The van der Waals surface area contributed by atoms with Crippen LogP contribution in [0, 0.1) is 17.2 Å². The van der Waals surface area contributed by atoms with E-state index >= 15 is 0 Å². The van der Waals surface area contributed by atoms with E-state index in [-0.39, 0.29) is 0 Å². The number of rotatable bonds is 4. The lowest BCUT2D eigenvalue weighted by atomic mass is 9.94. The van der Waals surface area contributed by atoms with Gasteiger partial charge in [0.2, 0.25) is 0 Å². The van der Waals surface area contributed by atoms with Crippen LogP contribution in [0.2, 0.25) is 0 Å². The third kappa shape index (κ3) is 4.29. The van der Waals surface area contributed by atoms with Crippen molar-refractivity contribution in [2.24, 2.45) is 5.92 Å². The molecule has 0 saturated carbocycles. The Morgan fingerprint density at radius 2 is 2.18 bits per heavy atom. The smallest absolute Gasteiger partial charge is 0.105 e. The van der Waals surface area contributed by atoms with Gasteiger partial charge in [0.1, 0.15) is 5.54 Å². The summed E-state index contributed by atoms with van der Waals surface area (Å²) in [6.07, 6.45) is 4.85. The average molecular weight is 237 g/mol. The number of nitrogens with zero attached hydrogens (tertiary/aromatic N) is 2. The highest BCUT2D eigenvalue weighted by Crippen LogP contribution is 2.21. The summed E-state index contributed by atoms with van der Waals surface area (Å²) in [5.74, 6) is 0.860. The van der Waals surface area contributed by atoms with Crippen LogP contribution in [-0.2, 0) is 0 Å². The highest BCUT2D eigenvalue weighted by atomic mass is 15.2. The second-order valence-electron chi connectivity index (χ2n) is 5.82. The van der Waals surface area contributed by atoms with E-state index in [1.165, 1.54) is 32.4 Å². The van der Waals surface area contributed by atoms with Crippen LogP contribution >= 0.6 is 0 Å². The first-order chi connectivity index (χ1) is 8.00. The molecule has 3 unspecified atom stereocenters. The van der Waals surface area contributed by atoms with Gasteiger partial charge in [-0.15, -0.1) is 0 Å². The molecule has 0 aromatic rings. The van der Waals surface area contributed by atoms with Crippen molar-refractivity contribution in [3.8, 4) is 6.07 Å². The van der Waals surface area contributed by atoms with Crippen LogP contribution in [0.15, 0.2) is 0 Å². The first kappa shape index (κ1) is 14.5. The van der Waals surface area contributed by atoms with Crippen molar-refractivity contribution in [1.82, 2.24) is 10.2 Å². The summed E-state index contributed by atoms with van der Waals surface area (Å²) < 4.78 is 0. The number of hydrogen-bond acceptors (Lipinski definition) is 3. The Balaban J connectivity index is 2.52. The second-order valence-corrected chi connectivity index (χ2v) is 5.82. The maximum atomic E-state index is 9.20. The molecular formula is C14H27N3. The van der Waals surface area contributed by atoms with Gasteiger partial charge in [0.25, 0.3) is 0 Å². The van der Waals surface area contributed by atoms with Gasteiger partial charge in [-0.1, -0.05) is 6.92 Å². The minimum absolute atomic E-state index is 0.392.